The molecule has 0 saturated carbocycles. The Morgan fingerprint density at radius 2 is 1.70 bits per heavy atom. The average Bonchev–Trinajstić information content (AvgIpc) is 2.96. The Morgan fingerprint density at radius 3 is 2.60 bits per heavy atom. The van der Waals surface area contributed by atoms with Crippen LogP contribution < -0.4 is 5.56 Å². The van der Waals surface area contributed by atoms with Gasteiger partial charge in [0.2, 0.25) is 5.56 Å². The first-order valence-corrected chi connectivity index (χ1v) is 6.29. The third-order valence-electron chi connectivity index (χ3n) is 2.96. The lowest BCUT2D eigenvalue weighted by atomic mass is 10.3. The fraction of sp³-hybridized carbons (Fsp3) is 0. The summed E-state index contributed by atoms with van der Waals surface area (Å²) < 4.78 is 0. The second kappa shape index (κ2) is 5.40. The highest BCUT2D eigenvalue weighted by atomic mass is 16.1. The van der Waals surface area contributed by atoms with Crippen molar-refractivity contribution < 1.29 is 0 Å². The molecule has 4 rings (SSSR count). The van der Waals surface area contributed by atoms with Crippen LogP contribution >= 0.6 is 0 Å². The van der Waals surface area contributed by atoms with E-state index in [1.54, 1.807) is 12.3 Å². The SMILES string of the molecule is O=c1ccc2cccnc2[nH]1.c1ccc2[nH]ccc2c1. The van der Waals surface area contributed by atoms with Gasteiger partial charge in [0.1, 0.15) is 5.65 Å². The predicted octanol–water partition coefficient (Wildman–Crippen LogP) is 3.09. The molecule has 0 aliphatic heterocycles. The molecular formula is C16H13N3O. The Balaban J connectivity index is 0.000000123. The highest BCUT2D eigenvalue weighted by Gasteiger charge is 1.90. The van der Waals surface area contributed by atoms with Crippen LogP contribution in [0.15, 0.2) is 71.8 Å². The third kappa shape index (κ3) is 2.59. The maximum atomic E-state index is 10.8. The zero-order chi connectivity index (χ0) is 13.8. The van der Waals surface area contributed by atoms with E-state index in [-0.39, 0.29) is 5.56 Å². The largest absolute Gasteiger partial charge is 0.361 e. The zero-order valence-corrected chi connectivity index (χ0v) is 10.7. The van der Waals surface area contributed by atoms with E-state index in [4.69, 9.17) is 0 Å². The molecule has 4 nitrogen and oxygen atoms in total. The van der Waals surface area contributed by atoms with Crippen LogP contribution in [0.5, 0.6) is 0 Å². The summed E-state index contributed by atoms with van der Waals surface area (Å²) in [5, 5.41) is 2.23. The van der Waals surface area contributed by atoms with Gasteiger partial charge in [0, 0.05) is 29.4 Å². The Bertz CT molecular complexity index is 862. The standard InChI is InChI=1S/C8H6N2O.C8H7N/c11-7-4-3-6-2-1-5-9-8(6)10-7;1-2-4-8-7(3-1)5-6-9-8/h1-5H,(H,9,10,11);1-6,9H. The van der Waals surface area contributed by atoms with Crippen molar-refractivity contribution in [1.82, 2.24) is 15.0 Å². The van der Waals surface area contributed by atoms with Crippen LogP contribution in [0.25, 0.3) is 21.9 Å². The van der Waals surface area contributed by atoms with E-state index >= 15 is 0 Å². The van der Waals surface area contributed by atoms with E-state index in [0.717, 1.165) is 5.39 Å². The molecular weight excluding hydrogens is 250 g/mol. The highest BCUT2D eigenvalue weighted by Crippen LogP contribution is 2.09. The lowest BCUT2D eigenvalue weighted by Crippen LogP contribution is -2.02. The molecule has 98 valence electrons. The lowest BCUT2D eigenvalue weighted by Gasteiger charge is -1.92. The first kappa shape index (κ1) is 12.2. The smallest absolute Gasteiger partial charge is 0.249 e. The molecule has 0 atom stereocenters. The number of benzene rings is 1. The molecule has 0 unspecified atom stereocenters. The van der Waals surface area contributed by atoms with Crippen LogP contribution in [-0.2, 0) is 0 Å². The Labute approximate surface area is 115 Å². The van der Waals surface area contributed by atoms with Gasteiger partial charge in [-0.1, -0.05) is 18.2 Å². The molecule has 0 aliphatic rings. The zero-order valence-electron chi connectivity index (χ0n) is 10.7. The summed E-state index contributed by atoms with van der Waals surface area (Å²) >= 11 is 0. The van der Waals surface area contributed by atoms with Crippen molar-refractivity contribution in [3.05, 3.63) is 77.3 Å². The summed E-state index contributed by atoms with van der Waals surface area (Å²) in [6.07, 6.45) is 3.60. The molecule has 0 saturated heterocycles. The minimum absolute atomic E-state index is 0.115. The van der Waals surface area contributed by atoms with E-state index in [1.165, 1.54) is 17.0 Å². The van der Waals surface area contributed by atoms with Crippen molar-refractivity contribution in [2.45, 2.75) is 0 Å². The highest BCUT2D eigenvalue weighted by molar-refractivity contribution is 5.78. The molecule has 4 heteroatoms. The van der Waals surface area contributed by atoms with Crippen LogP contribution in [0.4, 0.5) is 0 Å². The number of aromatic amines is 2. The van der Waals surface area contributed by atoms with Crippen LogP contribution in [0.2, 0.25) is 0 Å². The summed E-state index contributed by atoms with van der Waals surface area (Å²) in [5.74, 6) is 0. The third-order valence-corrected chi connectivity index (χ3v) is 2.96. The molecule has 0 aliphatic carbocycles. The van der Waals surface area contributed by atoms with E-state index in [2.05, 4.69) is 33.2 Å². The number of hydrogen-bond acceptors (Lipinski definition) is 2. The van der Waals surface area contributed by atoms with Gasteiger partial charge in [-0.2, -0.15) is 0 Å². The number of pyridine rings is 2. The topological polar surface area (TPSA) is 61.5 Å². The Hall–Kier alpha value is -2.88. The maximum absolute atomic E-state index is 10.8. The summed E-state index contributed by atoms with van der Waals surface area (Å²) in [7, 11) is 0. The van der Waals surface area contributed by atoms with Gasteiger partial charge in [0.05, 0.1) is 0 Å². The van der Waals surface area contributed by atoms with Gasteiger partial charge >= 0.3 is 0 Å². The monoisotopic (exact) mass is 263 g/mol. The molecule has 3 aromatic heterocycles. The average molecular weight is 263 g/mol. The van der Waals surface area contributed by atoms with Gasteiger partial charge in [-0.3, -0.25) is 4.79 Å². The minimum atomic E-state index is -0.115. The van der Waals surface area contributed by atoms with Crippen molar-refractivity contribution in [3.63, 3.8) is 0 Å². The van der Waals surface area contributed by atoms with Gasteiger partial charge in [-0.15, -0.1) is 0 Å². The predicted molar refractivity (Wildman–Crippen MR) is 80.7 cm³/mol. The van der Waals surface area contributed by atoms with Gasteiger partial charge in [-0.25, -0.2) is 4.98 Å². The number of H-pyrrole nitrogens is 2. The van der Waals surface area contributed by atoms with Crippen molar-refractivity contribution in [3.8, 4) is 0 Å². The molecule has 1 aromatic carbocycles. The van der Waals surface area contributed by atoms with Crippen molar-refractivity contribution in [1.29, 1.82) is 0 Å². The molecule has 0 bridgehead atoms. The second-order valence-electron chi connectivity index (χ2n) is 4.33. The van der Waals surface area contributed by atoms with Gasteiger partial charge in [0.25, 0.3) is 0 Å². The summed E-state index contributed by atoms with van der Waals surface area (Å²) in [6.45, 7) is 0. The fourth-order valence-corrected chi connectivity index (χ4v) is 1.98. The fourth-order valence-electron chi connectivity index (χ4n) is 1.98. The van der Waals surface area contributed by atoms with E-state index in [1.807, 2.05) is 30.5 Å². The summed E-state index contributed by atoms with van der Waals surface area (Å²) in [4.78, 5) is 20.5. The molecule has 0 spiro atoms. The van der Waals surface area contributed by atoms with Crippen LogP contribution in [-0.4, -0.2) is 15.0 Å². The number of rotatable bonds is 0. The molecule has 0 amide bonds. The number of nitrogens with zero attached hydrogens (tertiary/aromatic N) is 1. The quantitative estimate of drug-likeness (QED) is 0.512. The molecule has 3 heterocycles. The molecule has 4 aromatic rings. The molecule has 2 N–H and O–H groups in total. The summed E-state index contributed by atoms with van der Waals surface area (Å²) in [5.41, 5.74) is 1.73. The van der Waals surface area contributed by atoms with E-state index < -0.39 is 0 Å². The van der Waals surface area contributed by atoms with Crippen molar-refractivity contribution in [2.24, 2.45) is 0 Å². The van der Waals surface area contributed by atoms with Crippen LogP contribution in [0.3, 0.4) is 0 Å². The molecule has 0 fully saturated rings. The van der Waals surface area contributed by atoms with E-state index in [0.29, 0.717) is 5.65 Å². The molecule has 20 heavy (non-hydrogen) atoms. The van der Waals surface area contributed by atoms with Gasteiger partial charge in [-0.05, 0) is 35.7 Å². The maximum Gasteiger partial charge on any atom is 0.249 e. The minimum Gasteiger partial charge on any atom is -0.361 e. The van der Waals surface area contributed by atoms with Crippen LogP contribution in [0, 0.1) is 0 Å². The van der Waals surface area contributed by atoms with Crippen molar-refractivity contribution >= 4 is 21.9 Å². The Kier molecular flexibility index (Phi) is 3.29. The number of fused-ring (bicyclic) bond motifs is 2. The number of para-hydroxylation sites is 1. The molecule has 0 radical (unpaired) electrons. The summed E-state index contributed by atoms with van der Waals surface area (Å²) in [6, 6.07) is 17.3. The number of hydrogen-bond donors (Lipinski definition) is 2. The first-order valence-electron chi connectivity index (χ1n) is 6.29. The second-order valence-corrected chi connectivity index (χ2v) is 4.33. The normalized spacial score (nSPS) is 10.2. The van der Waals surface area contributed by atoms with Crippen LogP contribution in [0.1, 0.15) is 0 Å². The lowest BCUT2D eigenvalue weighted by molar-refractivity contribution is 1.23. The Morgan fingerprint density at radius 1 is 0.850 bits per heavy atom. The number of aromatic nitrogens is 3. The first-order chi connectivity index (χ1) is 9.83. The van der Waals surface area contributed by atoms with Gasteiger partial charge < -0.3 is 9.97 Å². The van der Waals surface area contributed by atoms with Gasteiger partial charge in [0.15, 0.2) is 0 Å². The van der Waals surface area contributed by atoms with E-state index in [9.17, 15) is 4.79 Å². The van der Waals surface area contributed by atoms with Crippen molar-refractivity contribution in [2.75, 3.05) is 0 Å². The number of nitrogens with one attached hydrogen (secondary N) is 2.